The topological polar surface area (TPSA) is 94.2 Å². The molecular weight excluding hydrogens is 441 g/mol. The molecule has 0 spiro atoms. The minimum absolute atomic E-state index is 0.0455. The second kappa shape index (κ2) is 10.9. The largest absolute Gasteiger partial charge is 0.463 e. The van der Waals surface area contributed by atoms with E-state index in [-0.39, 0.29) is 36.3 Å². The molecule has 2 unspecified atom stereocenters. The number of amides is 4. The number of rotatable bonds is 6. The van der Waals surface area contributed by atoms with Crippen LogP contribution in [0.2, 0.25) is 0 Å². The number of benzene rings is 1. The summed E-state index contributed by atoms with van der Waals surface area (Å²) >= 11 is 0. The summed E-state index contributed by atoms with van der Waals surface area (Å²) in [6.45, 7) is 9.68. The van der Waals surface area contributed by atoms with Gasteiger partial charge in [0, 0.05) is 51.0 Å². The molecule has 2 aliphatic rings. The van der Waals surface area contributed by atoms with Gasteiger partial charge in [0.25, 0.3) is 0 Å². The Balaban J connectivity index is 1.90. The van der Waals surface area contributed by atoms with Crippen LogP contribution >= 0.6 is 0 Å². The Morgan fingerprint density at radius 3 is 2.65 bits per heavy atom. The standard InChI is InChI=1S/C24H34FN5O4/c1-6-34-22(31)20-19(14-29-10-11-30(16(4)13-29)24(33)26-15(2)3)28(5)23(32)27-21(20)17-8-7-9-18(25)12-17/h7-9,12,15-16,21H,6,10-11,13-14H2,1-5H3,(H,26,33)(H,27,32). The fourth-order valence-corrected chi connectivity index (χ4v) is 4.35. The average Bonchev–Trinajstić information content (AvgIpc) is 2.76. The Bertz CT molecular complexity index is 966. The normalized spacial score (nSPS) is 21.6. The van der Waals surface area contributed by atoms with Crippen molar-refractivity contribution in [1.29, 1.82) is 0 Å². The van der Waals surface area contributed by atoms with Crippen molar-refractivity contribution in [3.05, 3.63) is 46.9 Å². The van der Waals surface area contributed by atoms with Crippen LogP contribution in [0.5, 0.6) is 0 Å². The number of hydrogen-bond donors (Lipinski definition) is 2. The van der Waals surface area contributed by atoms with Gasteiger partial charge in [0.2, 0.25) is 0 Å². The lowest BCUT2D eigenvalue weighted by Gasteiger charge is -2.42. The first kappa shape index (κ1) is 25.5. The van der Waals surface area contributed by atoms with Gasteiger partial charge in [-0.25, -0.2) is 18.8 Å². The SMILES string of the molecule is CCOC(=O)C1=C(CN2CCN(C(=O)NC(C)C)C(C)C2)N(C)C(=O)NC1c1cccc(F)c1. The van der Waals surface area contributed by atoms with E-state index in [0.717, 1.165) is 0 Å². The van der Waals surface area contributed by atoms with E-state index in [4.69, 9.17) is 4.74 Å². The number of piperazine rings is 1. The third-order valence-corrected chi connectivity index (χ3v) is 6.01. The van der Waals surface area contributed by atoms with E-state index < -0.39 is 17.8 Å². The Labute approximate surface area is 199 Å². The molecule has 1 saturated heterocycles. The molecule has 2 heterocycles. The zero-order valence-electron chi connectivity index (χ0n) is 20.4. The van der Waals surface area contributed by atoms with Crippen molar-refractivity contribution in [3.63, 3.8) is 0 Å². The summed E-state index contributed by atoms with van der Waals surface area (Å²) < 4.78 is 19.3. The van der Waals surface area contributed by atoms with E-state index in [9.17, 15) is 18.8 Å². The molecule has 186 valence electrons. The third kappa shape index (κ3) is 5.67. The first-order valence-electron chi connectivity index (χ1n) is 11.6. The maximum Gasteiger partial charge on any atom is 0.338 e. The monoisotopic (exact) mass is 475 g/mol. The van der Waals surface area contributed by atoms with Crippen LogP contribution in [0.4, 0.5) is 14.0 Å². The number of nitrogens with one attached hydrogen (secondary N) is 2. The number of nitrogens with zero attached hydrogens (tertiary/aromatic N) is 3. The summed E-state index contributed by atoms with van der Waals surface area (Å²) in [4.78, 5) is 43.6. The van der Waals surface area contributed by atoms with E-state index in [1.807, 2.05) is 20.8 Å². The summed E-state index contributed by atoms with van der Waals surface area (Å²) in [5.41, 5.74) is 1.25. The van der Waals surface area contributed by atoms with Crippen molar-refractivity contribution in [2.75, 3.05) is 39.8 Å². The van der Waals surface area contributed by atoms with E-state index in [0.29, 0.717) is 37.4 Å². The van der Waals surface area contributed by atoms with Gasteiger partial charge in [-0.3, -0.25) is 9.80 Å². The van der Waals surface area contributed by atoms with E-state index in [2.05, 4.69) is 15.5 Å². The van der Waals surface area contributed by atoms with E-state index in [1.165, 1.54) is 17.0 Å². The lowest BCUT2D eigenvalue weighted by Crippen LogP contribution is -2.58. The van der Waals surface area contributed by atoms with E-state index >= 15 is 0 Å². The Morgan fingerprint density at radius 2 is 2.03 bits per heavy atom. The predicted octanol–water partition coefficient (Wildman–Crippen LogP) is 2.46. The van der Waals surface area contributed by atoms with Gasteiger partial charge in [0.1, 0.15) is 5.82 Å². The van der Waals surface area contributed by atoms with Gasteiger partial charge in [0.05, 0.1) is 18.2 Å². The second-order valence-electron chi connectivity index (χ2n) is 8.96. The molecule has 0 aromatic heterocycles. The van der Waals surface area contributed by atoms with Crippen molar-refractivity contribution < 1.29 is 23.5 Å². The van der Waals surface area contributed by atoms with Crippen molar-refractivity contribution >= 4 is 18.0 Å². The highest BCUT2D eigenvalue weighted by Crippen LogP contribution is 2.32. The minimum Gasteiger partial charge on any atom is -0.463 e. The molecular formula is C24H34FN5O4. The lowest BCUT2D eigenvalue weighted by atomic mass is 9.94. The summed E-state index contributed by atoms with van der Waals surface area (Å²) in [5.74, 6) is -1.01. The Morgan fingerprint density at radius 1 is 1.29 bits per heavy atom. The van der Waals surface area contributed by atoms with Crippen LogP contribution in [0.25, 0.3) is 0 Å². The predicted molar refractivity (Wildman–Crippen MR) is 125 cm³/mol. The third-order valence-electron chi connectivity index (χ3n) is 6.01. The Hall–Kier alpha value is -3.14. The molecule has 0 bridgehead atoms. The highest BCUT2D eigenvalue weighted by molar-refractivity contribution is 5.95. The fourth-order valence-electron chi connectivity index (χ4n) is 4.35. The number of carbonyl (C=O) groups excluding carboxylic acids is 3. The molecule has 0 saturated carbocycles. The summed E-state index contributed by atoms with van der Waals surface area (Å²) in [6, 6.07) is 4.50. The average molecular weight is 476 g/mol. The summed E-state index contributed by atoms with van der Waals surface area (Å²) in [7, 11) is 1.60. The number of esters is 1. The van der Waals surface area contributed by atoms with Gasteiger partial charge in [-0.05, 0) is 45.4 Å². The molecule has 0 radical (unpaired) electrons. The quantitative estimate of drug-likeness (QED) is 0.617. The number of hydrogen-bond acceptors (Lipinski definition) is 5. The summed E-state index contributed by atoms with van der Waals surface area (Å²) in [5, 5.41) is 5.72. The first-order chi connectivity index (χ1) is 16.1. The molecule has 2 atom stereocenters. The van der Waals surface area contributed by atoms with E-state index in [1.54, 1.807) is 31.0 Å². The molecule has 10 heteroatoms. The molecule has 1 fully saturated rings. The lowest BCUT2D eigenvalue weighted by molar-refractivity contribution is -0.139. The number of likely N-dealkylation sites (N-methyl/N-ethyl adjacent to an activating group) is 1. The van der Waals surface area contributed by atoms with Crippen LogP contribution < -0.4 is 10.6 Å². The van der Waals surface area contributed by atoms with Crippen LogP contribution in [0.15, 0.2) is 35.5 Å². The van der Waals surface area contributed by atoms with Gasteiger partial charge in [-0.2, -0.15) is 0 Å². The number of carbonyl (C=O) groups is 3. The highest BCUT2D eigenvalue weighted by atomic mass is 19.1. The van der Waals surface area contributed by atoms with Crippen LogP contribution in [0, 0.1) is 5.82 Å². The molecule has 1 aromatic carbocycles. The smallest absolute Gasteiger partial charge is 0.338 e. The van der Waals surface area contributed by atoms with Crippen molar-refractivity contribution in [3.8, 4) is 0 Å². The van der Waals surface area contributed by atoms with Gasteiger partial charge in [-0.15, -0.1) is 0 Å². The number of urea groups is 2. The summed E-state index contributed by atoms with van der Waals surface area (Å²) in [6.07, 6.45) is 0. The molecule has 1 aromatic rings. The fraction of sp³-hybridized carbons (Fsp3) is 0.542. The molecule has 2 N–H and O–H groups in total. The van der Waals surface area contributed by atoms with Gasteiger partial charge in [-0.1, -0.05) is 12.1 Å². The molecule has 9 nitrogen and oxygen atoms in total. The van der Waals surface area contributed by atoms with Gasteiger partial charge < -0.3 is 20.3 Å². The molecule has 4 amide bonds. The van der Waals surface area contributed by atoms with Crippen LogP contribution in [0.3, 0.4) is 0 Å². The molecule has 34 heavy (non-hydrogen) atoms. The van der Waals surface area contributed by atoms with Crippen LogP contribution in [-0.2, 0) is 9.53 Å². The van der Waals surface area contributed by atoms with Crippen LogP contribution in [0.1, 0.15) is 39.3 Å². The molecule has 3 rings (SSSR count). The van der Waals surface area contributed by atoms with Gasteiger partial charge in [0.15, 0.2) is 0 Å². The number of ether oxygens (including phenoxy) is 1. The zero-order valence-corrected chi connectivity index (χ0v) is 20.4. The number of halogens is 1. The van der Waals surface area contributed by atoms with Crippen molar-refractivity contribution in [2.24, 2.45) is 0 Å². The second-order valence-corrected chi connectivity index (χ2v) is 8.96. The van der Waals surface area contributed by atoms with Crippen LogP contribution in [-0.4, -0.2) is 84.6 Å². The Kier molecular flexibility index (Phi) is 8.14. The minimum atomic E-state index is -0.830. The molecule has 2 aliphatic heterocycles. The van der Waals surface area contributed by atoms with Crippen molar-refractivity contribution in [2.45, 2.75) is 45.8 Å². The highest BCUT2D eigenvalue weighted by Gasteiger charge is 2.38. The maximum atomic E-state index is 14.0. The van der Waals surface area contributed by atoms with Gasteiger partial charge >= 0.3 is 18.0 Å². The molecule has 0 aliphatic carbocycles. The van der Waals surface area contributed by atoms with Crippen molar-refractivity contribution in [1.82, 2.24) is 25.3 Å². The zero-order chi connectivity index (χ0) is 25.0. The maximum absolute atomic E-state index is 14.0. The first-order valence-corrected chi connectivity index (χ1v) is 11.6.